The average Bonchev–Trinajstić information content (AvgIpc) is 2.30. The van der Waals surface area contributed by atoms with E-state index < -0.39 is 23.7 Å². The minimum atomic E-state index is -4.62. The number of aromatic nitrogens is 1. The van der Waals surface area contributed by atoms with Gasteiger partial charge >= 0.3 is 12.1 Å². The number of hydrogen-bond acceptors (Lipinski definition) is 3. The minimum Gasteiger partial charge on any atom is -0.477 e. The van der Waals surface area contributed by atoms with Crippen molar-refractivity contribution in [1.82, 2.24) is 4.98 Å². The fourth-order valence-corrected chi connectivity index (χ4v) is 1.97. The molecule has 2 rings (SSSR count). The van der Waals surface area contributed by atoms with Crippen LogP contribution in [0.15, 0.2) is 12.1 Å². The van der Waals surface area contributed by atoms with E-state index >= 15 is 0 Å². The summed E-state index contributed by atoms with van der Waals surface area (Å²) in [5.41, 5.74) is -1.51. The van der Waals surface area contributed by atoms with Crippen LogP contribution in [-0.4, -0.2) is 22.7 Å². The van der Waals surface area contributed by atoms with Crippen LogP contribution in [0.5, 0.6) is 5.88 Å². The lowest BCUT2D eigenvalue weighted by molar-refractivity contribution is -0.141. The number of aromatic carboxylic acids is 1. The van der Waals surface area contributed by atoms with Gasteiger partial charge in [0.25, 0.3) is 0 Å². The van der Waals surface area contributed by atoms with Crippen molar-refractivity contribution in [2.24, 2.45) is 5.92 Å². The van der Waals surface area contributed by atoms with Gasteiger partial charge in [0.05, 0.1) is 6.61 Å². The molecule has 1 N–H and O–H groups in total. The van der Waals surface area contributed by atoms with Crippen LogP contribution in [-0.2, 0) is 6.18 Å². The van der Waals surface area contributed by atoms with Crippen LogP contribution in [0, 0.1) is 5.92 Å². The molecule has 1 heterocycles. The monoisotopic (exact) mass is 289 g/mol. The third-order valence-electron chi connectivity index (χ3n) is 3.37. The summed E-state index contributed by atoms with van der Waals surface area (Å²) in [4.78, 5) is 14.2. The van der Waals surface area contributed by atoms with Gasteiger partial charge in [0.2, 0.25) is 5.88 Å². The molecule has 1 saturated carbocycles. The van der Waals surface area contributed by atoms with Gasteiger partial charge in [-0.1, -0.05) is 19.3 Å². The maximum Gasteiger partial charge on any atom is 0.433 e. The average molecular weight is 289 g/mol. The fraction of sp³-hybridized carbons (Fsp3) is 0.538. The number of rotatable bonds is 5. The molecule has 0 radical (unpaired) electrons. The Kier molecular flexibility index (Phi) is 4.15. The molecule has 0 saturated heterocycles. The van der Waals surface area contributed by atoms with E-state index in [1.54, 1.807) is 0 Å². The third-order valence-corrected chi connectivity index (χ3v) is 3.37. The number of carboxylic acids is 1. The highest BCUT2D eigenvalue weighted by atomic mass is 19.4. The highest BCUT2D eigenvalue weighted by Gasteiger charge is 2.34. The molecular weight excluding hydrogens is 275 g/mol. The van der Waals surface area contributed by atoms with E-state index in [2.05, 4.69) is 4.98 Å². The van der Waals surface area contributed by atoms with Gasteiger partial charge in [-0.2, -0.15) is 13.2 Å². The molecular formula is C13H14F3NO3. The first-order valence-corrected chi connectivity index (χ1v) is 6.32. The Labute approximate surface area is 113 Å². The standard InChI is InChI=1S/C13H14F3NO3/c14-13(15,16)10-5-4-9(12(18)19)11(17-10)20-7-6-8-2-1-3-8/h4-5,8H,1-3,6-7H2,(H,18,19). The number of carbonyl (C=O) groups is 1. The van der Waals surface area contributed by atoms with Crippen LogP contribution in [0.4, 0.5) is 13.2 Å². The fourth-order valence-electron chi connectivity index (χ4n) is 1.97. The molecule has 1 fully saturated rings. The Morgan fingerprint density at radius 3 is 2.60 bits per heavy atom. The molecule has 0 bridgehead atoms. The summed E-state index contributed by atoms with van der Waals surface area (Å²) < 4.78 is 42.8. The lowest BCUT2D eigenvalue weighted by Crippen LogP contribution is -2.17. The first-order chi connectivity index (χ1) is 9.38. The summed E-state index contributed by atoms with van der Waals surface area (Å²) in [6.45, 7) is 0.180. The molecule has 0 unspecified atom stereocenters. The Balaban J connectivity index is 2.11. The second kappa shape index (κ2) is 5.68. The molecule has 4 nitrogen and oxygen atoms in total. The van der Waals surface area contributed by atoms with E-state index in [-0.39, 0.29) is 12.2 Å². The summed E-state index contributed by atoms with van der Waals surface area (Å²) in [5, 5.41) is 8.92. The van der Waals surface area contributed by atoms with Gasteiger partial charge in [0.15, 0.2) is 0 Å². The van der Waals surface area contributed by atoms with Crippen molar-refractivity contribution < 1.29 is 27.8 Å². The minimum absolute atomic E-state index is 0.180. The van der Waals surface area contributed by atoms with Crippen molar-refractivity contribution in [2.45, 2.75) is 31.9 Å². The highest BCUT2D eigenvalue weighted by Crippen LogP contribution is 2.31. The quantitative estimate of drug-likeness (QED) is 0.902. The van der Waals surface area contributed by atoms with Crippen molar-refractivity contribution in [2.75, 3.05) is 6.61 Å². The number of alkyl halides is 3. The second-order valence-corrected chi connectivity index (χ2v) is 4.79. The van der Waals surface area contributed by atoms with Crippen molar-refractivity contribution in [3.63, 3.8) is 0 Å². The summed E-state index contributed by atoms with van der Waals surface area (Å²) >= 11 is 0. The SMILES string of the molecule is O=C(O)c1ccc(C(F)(F)F)nc1OCCC1CCC1. The van der Waals surface area contributed by atoms with Crippen molar-refractivity contribution in [3.8, 4) is 5.88 Å². The Morgan fingerprint density at radius 1 is 1.40 bits per heavy atom. The Bertz CT molecular complexity index is 498. The number of halogens is 3. The van der Waals surface area contributed by atoms with Gasteiger partial charge < -0.3 is 9.84 Å². The van der Waals surface area contributed by atoms with Crippen LogP contribution < -0.4 is 4.74 Å². The van der Waals surface area contributed by atoms with Crippen LogP contribution >= 0.6 is 0 Å². The molecule has 0 amide bonds. The van der Waals surface area contributed by atoms with Gasteiger partial charge in [-0.25, -0.2) is 9.78 Å². The van der Waals surface area contributed by atoms with E-state index in [4.69, 9.17) is 9.84 Å². The van der Waals surface area contributed by atoms with E-state index in [1.807, 2.05) is 0 Å². The van der Waals surface area contributed by atoms with Crippen LogP contribution in [0.2, 0.25) is 0 Å². The highest BCUT2D eigenvalue weighted by molar-refractivity contribution is 5.90. The van der Waals surface area contributed by atoms with Gasteiger partial charge in [-0.05, 0) is 24.5 Å². The predicted molar refractivity (Wildman–Crippen MR) is 63.7 cm³/mol. The number of nitrogens with zero attached hydrogens (tertiary/aromatic N) is 1. The molecule has 1 aromatic heterocycles. The zero-order valence-electron chi connectivity index (χ0n) is 10.6. The maximum atomic E-state index is 12.5. The molecule has 0 atom stereocenters. The Hall–Kier alpha value is -1.79. The van der Waals surface area contributed by atoms with Gasteiger partial charge in [0, 0.05) is 0 Å². The topological polar surface area (TPSA) is 59.4 Å². The normalized spacial score (nSPS) is 15.8. The van der Waals surface area contributed by atoms with Crippen LogP contribution in [0.25, 0.3) is 0 Å². The molecule has 1 aromatic rings. The van der Waals surface area contributed by atoms with Gasteiger partial charge in [-0.3, -0.25) is 0 Å². The molecule has 1 aliphatic carbocycles. The van der Waals surface area contributed by atoms with E-state index in [0.717, 1.165) is 25.3 Å². The number of hydrogen-bond donors (Lipinski definition) is 1. The largest absolute Gasteiger partial charge is 0.477 e. The third kappa shape index (κ3) is 3.40. The first-order valence-electron chi connectivity index (χ1n) is 6.32. The molecule has 7 heteroatoms. The van der Waals surface area contributed by atoms with Crippen LogP contribution in [0.3, 0.4) is 0 Å². The zero-order chi connectivity index (χ0) is 14.8. The molecule has 0 aliphatic heterocycles. The summed E-state index contributed by atoms with van der Waals surface area (Å²) in [7, 11) is 0. The maximum absolute atomic E-state index is 12.5. The summed E-state index contributed by atoms with van der Waals surface area (Å²) in [6, 6.07) is 1.51. The molecule has 110 valence electrons. The number of carboxylic acid groups (broad SMARTS) is 1. The summed E-state index contributed by atoms with van der Waals surface area (Å²) in [5.74, 6) is -1.30. The number of ether oxygens (including phenoxy) is 1. The van der Waals surface area contributed by atoms with E-state index in [1.165, 1.54) is 0 Å². The second-order valence-electron chi connectivity index (χ2n) is 4.79. The van der Waals surface area contributed by atoms with Gasteiger partial charge in [-0.15, -0.1) is 0 Å². The molecule has 20 heavy (non-hydrogen) atoms. The summed E-state index contributed by atoms with van der Waals surface area (Å²) in [6.07, 6.45) is -0.580. The van der Waals surface area contributed by atoms with Crippen LogP contribution in [0.1, 0.15) is 41.7 Å². The smallest absolute Gasteiger partial charge is 0.433 e. The van der Waals surface area contributed by atoms with Crippen molar-refractivity contribution in [1.29, 1.82) is 0 Å². The Morgan fingerprint density at radius 2 is 2.10 bits per heavy atom. The molecule has 1 aliphatic rings. The van der Waals surface area contributed by atoms with E-state index in [9.17, 15) is 18.0 Å². The van der Waals surface area contributed by atoms with Gasteiger partial charge in [0.1, 0.15) is 11.3 Å². The van der Waals surface area contributed by atoms with Crippen molar-refractivity contribution in [3.05, 3.63) is 23.4 Å². The lowest BCUT2D eigenvalue weighted by Gasteiger charge is -2.25. The first kappa shape index (κ1) is 14.6. The zero-order valence-corrected chi connectivity index (χ0v) is 10.6. The molecule has 0 aromatic carbocycles. The number of pyridine rings is 1. The van der Waals surface area contributed by atoms with E-state index in [0.29, 0.717) is 18.4 Å². The van der Waals surface area contributed by atoms with Crippen molar-refractivity contribution >= 4 is 5.97 Å². The predicted octanol–water partition coefficient (Wildman–Crippen LogP) is 3.37. The lowest BCUT2D eigenvalue weighted by atomic mass is 9.83. The molecule has 0 spiro atoms.